The van der Waals surface area contributed by atoms with E-state index in [4.69, 9.17) is 11.6 Å². The van der Waals surface area contributed by atoms with Crippen LogP contribution in [0.5, 0.6) is 0 Å². The van der Waals surface area contributed by atoms with Crippen molar-refractivity contribution in [2.45, 2.75) is 37.4 Å². The highest BCUT2D eigenvalue weighted by Crippen LogP contribution is 2.20. The largest absolute Gasteiger partial charge is 0.367 e. The summed E-state index contributed by atoms with van der Waals surface area (Å²) < 4.78 is 0. The minimum absolute atomic E-state index is 0.494. The van der Waals surface area contributed by atoms with Crippen LogP contribution in [-0.2, 0) is 0 Å². The van der Waals surface area contributed by atoms with Crippen LogP contribution >= 0.6 is 23.4 Å². The van der Waals surface area contributed by atoms with Gasteiger partial charge in [0.25, 0.3) is 0 Å². The quantitative estimate of drug-likeness (QED) is 0.514. The molecule has 6 heteroatoms. The maximum absolute atomic E-state index is 6.00. The summed E-state index contributed by atoms with van der Waals surface area (Å²) in [7, 11) is 0. The third-order valence-electron chi connectivity index (χ3n) is 3.34. The molecule has 0 bridgehead atoms. The molecule has 0 radical (unpaired) electrons. The lowest BCUT2D eigenvalue weighted by Gasteiger charge is -2.32. The predicted molar refractivity (Wildman–Crippen MR) is 82.2 cm³/mol. The fourth-order valence-electron chi connectivity index (χ4n) is 2.39. The Hall–Kier alpha value is -0.520. The van der Waals surface area contributed by atoms with E-state index in [0.29, 0.717) is 11.2 Å². The highest BCUT2D eigenvalue weighted by molar-refractivity contribution is 7.98. The molecule has 106 valence electrons. The van der Waals surface area contributed by atoms with Gasteiger partial charge in [0.1, 0.15) is 11.0 Å². The van der Waals surface area contributed by atoms with Crippen molar-refractivity contribution in [1.82, 2.24) is 14.9 Å². The summed E-state index contributed by atoms with van der Waals surface area (Å²) in [6.45, 7) is 5.78. The average molecular weight is 301 g/mol. The highest BCUT2D eigenvalue weighted by atomic mass is 35.5. The second kappa shape index (κ2) is 7.31. The maximum atomic E-state index is 6.00. The smallest absolute Gasteiger partial charge is 0.190 e. The first-order chi connectivity index (χ1) is 9.21. The van der Waals surface area contributed by atoms with Gasteiger partial charge in [-0.3, -0.25) is 0 Å². The summed E-state index contributed by atoms with van der Waals surface area (Å²) >= 11 is 7.51. The third-order valence-corrected chi connectivity index (χ3v) is 4.08. The molecule has 1 fully saturated rings. The monoisotopic (exact) mass is 300 g/mol. The molecule has 0 atom stereocenters. The molecule has 19 heavy (non-hydrogen) atoms. The zero-order valence-electron chi connectivity index (χ0n) is 11.5. The van der Waals surface area contributed by atoms with Crippen LogP contribution in [0, 0.1) is 0 Å². The number of piperidine rings is 1. The zero-order chi connectivity index (χ0) is 13.7. The van der Waals surface area contributed by atoms with Crippen molar-refractivity contribution in [3.8, 4) is 0 Å². The van der Waals surface area contributed by atoms with Gasteiger partial charge in [-0.2, -0.15) is 0 Å². The second-order valence-corrected chi connectivity index (χ2v) is 5.98. The molecule has 0 aliphatic carbocycles. The van der Waals surface area contributed by atoms with E-state index in [9.17, 15) is 0 Å². The van der Waals surface area contributed by atoms with Crippen LogP contribution in [0.1, 0.15) is 26.2 Å². The first-order valence-electron chi connectivity index (χ1n) is 6.78. The van der Waals surface area contributed by atoms with Crippen LogP contribution in [0.4, 0.5) is 5.82 Å². The lowest BCUT2D eigenvalue weighted by Crippen LogP contribution is -2.39. The van der Waals surface area contributed by atoms with Gasteiger partial charge in [0.2, 0.25) is 0 Å². The van der Waals surface area contributed by atoms with Gasteiger partial charge in [0.05, 0.1) is 0 Å². The van der Waals surface area contributed by atoms with E-state index in [-0.39, 0.29) is 0 Å². The molecule has 1 aromatic heterocycles. The summed E-state index contributed by atoms with van der Waals surface area (Å²) in [4.78, 5) is 11.1. The lowest BCUT2D eigenvalue weighted by molar-refractivity contribution is 0.219. The first kappa shape index (κ1) is 14.9. The molecule has 1 aliphatic heterocycles. The molecule has 1 aliphatic rings. The average Bonchev–Trinajstić information content (AvgIpc) is 2.40. The van der Waals surface area contributed by atoms with Crippen molar-refractivity contribution in [1.29, 1.82) is 0 Å². The number of rotatable bonds is 5. The number of nitrogens with zero attached hydrogens (tertiary/aromatic N) is 3. The van der Waals surface area contributed by atoms with Gasteiger partial charge < -0.3 is 10.2 Å². The van der Waals surface area contributed by atoms with E-state index in [0.717, 1.165) is 23.8 Å². The minimum Gasteiger partial charge on any atom is -0.367 e. The van der Waals surface area contributed by atoms with E-state index < -0.39 is 0 Å². The highest BCUT2D eigenvalue weighted by Gasteiger charge is 2.18. The Morgan fingerprint density at radius 2 is 2.16 bits per heavy atom. The van der Waals surface area contributed by atoms with E-state index in [1.165, 1.54) is 37.8 Å². The molecule has 4 nitrogen and oxygen atoms in total. The number of hydrogen-bond donors (Lipinski definition) is 1. The van der Waals surface area contributed by atoms with E-state index in [1.807, 2.05) is 6.26 Å². The standard InChI is InChI=1S/C13H21ClN4S/c1-3-6-18-7-4-10(5-8-18)15-12-9-11(14)16-13(17-12)19-2/h9-10H,3-8H2,1-2H3,(H,15,16,17). The Kier molecular flexibility index (Phi) is 5.73. The van der Waals surface area contributed by atoms with Crippen LogP contribution < -0.4 is 5.32 Å². The molecule has 1 N–H and O–H groups in total. The summed E-state index contributed by atoms with van der Waals surface area (Å²) in [6.07, 6.45) is 5.52. The second-order valence-electron chi connectivity index (χ2n) is 4.82. The summed E-state index contributed by atoms with van der Waals surface area (Å²) in [5, 5.41) is 4.71. The fourth-order valence-corrected chi connectivity index (χ4v) is 3.00. The number of likely N-dealkylation sites (tertiary alicyclic amines) is 1. The third kappa shape index (κ3) is 4.51. The van der Waals surface area contributed by atoms with Gasteiger partial charge in [-0.05, 0) is 32.1 Å². The van der Waals surface area contributed by atoms with Gasteiger partial charge in [0.15, 0.2) is 5.16 Å². The minimum atomic E-state index is 0.494. The molecule has 0 unspecified atom stereocenters. The first-order valence-corrected chi connectivity index (χ1v) is 8.39. The molecular formula is C13H21ClN4S. The number of thioether (sulfide) groups is 1. The summed E-state index contributed by atoms with van der Waals surface area (Å²) in [5.41, 5.74) is 0. The van der Waals surface area contributed by atoms with Gasteiger partial charge in [0, 0.05) is 25.2 Å². The number of nitrogens with one attached hydrogen (secondary N) is 1. The Labute approximate surface area is 124 Å². The Balaban J connectivity index is 1.90. The van der Waals surface area contributed by atoms with Crippen LogP contribution in [0.25, 0.3) is 0 Å². The summed E-state index contributed by atoms with van der Waals surface area (Å²) in [6, 6.07) is 2.30. The molecule has 2 heterocycles. The molecule has 0 spiro atoms. The number of halogens is 1. The number of aromatic nitrogens is 2. The van der Waals surface area contributed by atoms with Crippen LogP contribution in [0.15, 0.2) is 11.2 Å². The lowest BCUT2D eigenvalue weighted by atomic mass is 10.0. The molecule has 1 saturated heterocycles. The number of anilines is 1. The normalized spacial score (nSPS) is 17.6. The SMILES string of the molecule is CCCN1CCC(Nc2cc(Cl)nc(SC)n2)CC1. The van der Waals surface area contributed by atoms with E-state index >= 15 is 0 Å². The topological polar surface area (TPSA) is 41.0 Å². The van der Waals surface area contributed by atoms with Gasteiger partial charge in [-0.25, -0.2) is 9.97 Å². The van der Waals surface area contributed by atoms with Crippen LogP contribution in [0.3, 0.4) is 0 Å². The van der Waals surface area contributed by atoms with Crippen molar-refractivity contribution in [3.05, 3.63) is 11.2 Å². The molecule has 0 aromatic carbocycles. The molecular weight excluding hydrogens is 280 g/mol. The number of hydrogen-bond acceptors (Lipinski definition) is 5. The van der Waals surface area contributed by atoms with Gasteiger partial charge >= 0.3 is 0 Å². The van der Waals surface area contributed by atoms with Crippen molar-refractivity contribution < 1.29 is 0 Å². The molecule has 1 aromatic rings. The van der Waals surface area contributed by atoms with Crippen LogP contribution in [0.2, 0.25) is 5.15 Å². The van der Waals surface area contributed by atoms with Gasteiger partial charge in [-0.1, -0.05) is 30.3 Å². The van der Waals surface area contributed by atoms with Crippen molar-refractivity contribution in [2.75, 3.05) is 31.2 Å². The Bertz CT molecular complexity index is 408. The van der Waals surface area contributed by atoms with Crippen molar-refractivity contribution >= 4 is 29.2 Å². The van der Waals surface area contributed by atoms with Crippen molar-refractivity contribution in [3.63, 3.8) is 0 Å². The maximum Gasteiger partial charge on any atom is 0.190 e. The molecule has 2 rings (SSSR count). The Morgan fingerprint density at radius 3 is 2.79 bits per heavy atom. The fraction of sp³-hybridized carbons (Fsp3) is 0.692. The predicted octanol–water partition coefficient (Wildman–Crippen LogP) is 3.14. The molecule has 0 amide bonds. The zero-order valence-corrected chi connectivity index (χ0v) is 13.1. The van der Waals surface area contributed by atoms with Crippen molar-refractivity contribution in [2.24, 2.45) is 0 Å². The van der Waals surface area contributed by atoms with Crippen LogP contribution in [-0.4, -0.2) is 46.8 Å². The van der Waals surface area contributed by atoms with E-state index in [1.54, 1.807) is 6.07 Å². The van der Waals surface area contributed by atoms with E-state index in [2.05, 4.69) is 27.1 Å². The summed E-state index contributed by atoms with van der Waals surface area (Å²) in [5.74, 6) is 0.846. The Morgan fingerprint density at radius 1 is 1.42 bits per heavy atom. The molecule has 0 saturated carbocycles. The van der Waals surface area contributed by atoms with Gasteiger partial charge in [-0.15, -0.1) is 0 Å².